The Labute approximate surface area is 47.9 Å². The predicted molar refractivity (Wildman–Crippen MR) is 32.3 cm³/mol. The molecule has 0 atom stereocenters. The van der Waals surface area contributed by atoms with Crippen LogP contribution in [0.5, 0.6) is 0 Å². The summed E-state index contributed by atoms with van der Waals surface area (Å²) in [6, 6.07) is 0. The van der Waals surface area contributed by atoms with E-state index in [9.17, 15) is 4.21 Å². The highest BCUT2D eigenvalue weighted by atomic mass is 32.1. The number of rotatable bonds is 3. The van der Waals surface area contributed by atoms with Gasteiger partial charge in [0, 0.05) is 4.21 Å². The quantitative estimate of drug-likeness (QED) is 0.403. The van der Waals surface area contributed by atoms with Crippen molar-refractivity contribution in [3.05, 3.63) is 12.2 Å². The van der Waals surface area contributed by atoms with Crippen LogP contribution in [-0.2, 0) is 15.9 Å². The van der Waals surface area contributed by atoms with Gasteiger partial charge in [-0.05, 0) is 12.5 Å². The molecular formula is C5H9OS+. The molecule has 0 spiro atoms. The third-order valence-electron chi connectivity index (χ3n) is 0.567. The highest BCUT2D eigenvalue weighted by Gasteiger charge is 1.85. The van der Waals surface area contributed by atoms with Gasteiger partial charge in [-0.15, -0.1) is 0 Å². The van der Waals surface area contributed by atoms with E-state index in [2.05, 4.69) is 0 Å². The Morgan fingerprint density at radius 2 is 2.29 bits per heavy atom. The van der Waals surface area contributed by atoms with Crippen molar-refractivity contribution >= 4 is 11.7 Å². The average Bonchev–Trinajstić information content (AvgIpc) is 1.69. The summed E-state index contributed by atoms with van der Waals surface area (Å²) in [4.78, 5) is 0. The smallest absolute Gasteiger partial charge is 0.0834 e. The van der Waals surface area contributed by atoms with Crippen LogP contribution >= 0.6 is 0 Å². The lowest BCUT2D eigenvalue weighted by Gasteiger charge is -1.65. The molecule has 1 nitrogen and oxygen atoms in total. The summed E-state index contributed by atoms with van der Waals surface area (Å²) in [6.45, 7) is 2.05. The SMILES string of the molecule is CCC=CC[S+]=O. The largest absolute Gasteiger partial charge is 0.463 e. The molecule has 40 valence electrons. The van der Waals surface area contributed by atoms with Gasteiger partial charge in [-0.2, -0.15) is 0 Å². The molecule has 0 aromatic carbocycles. The van der Waals surface area contributed by atoms with Crippen molar-refractivity contribution in [2.75, 3.05) is 5.75 Å². The van der Waals surface area contributed by atoms with Gasteiger partial charge < -0.3 is 0 Å². The maximum atomic E-state index is 9.67. The lowest BCUT2D eigenvalue weighted by atomic mass is 10.4. The Hall–Kier alpha value is -0.240. The van der Waals surface area contributed by atoms with Crippen molar-refractivity contribution < 1.29 is 4.21 Å². The van der Waals surface area contributed by atoms with Crippen LogP contribution in [0.2, 0.25) is 0 Å². The molecule has 0 heterocycles. The molecule has 0 aliphatic rings. The Kier molecular flexibility index (Phi) is 5.56. The molecule has 0 aromatic heterocycles. The van der Waals surface area contributed by atoms with E-state index >= 15 is 0 Å². The van der Waals surface area contributed by atoms with Gasteiger partial charge in [-0.3, -0.25) is 0 Å². The molecule has 7 heavy (non-hydrogen) atoms. The first kappa shape index (κ1) is 6.76. The standard InChI is InChI=1S/C5H9OS/c1-2-3-4-5-7-6/h3-4H,2,5H2,1H3/q+1. The van der Waals surface area contributed by atoms with Crippen LogP contribution in [0.3, 0.4) is 0 Å². The van der Waals surface area contributed by atoms with E-state index in [4.69, 9.17) is 0 Å². The minimum atomic E-state index is 0.605. The zero-order valence-electron chi connectivity index (χ0n) is 4.39. The van der Waals surface area contributed by atoms with Gasteiger partial charge in [0.25, 0.3) is 0 Å². The fourth-order valence-corrected chi connectivity index (χ4v) is 0.489. The van der Waals surface area contributed by atoms with E-state index in [0.717, 1.165) is 6.42 Å². The number of hydrogen-bond acceptors (Lipinski definition) is 1. The first-order valence-electron chi connectivity index (χ1n) is 2.31. The Morgan fingerprint density at radius 3 is 2.71 bits per heavy atom. The molecule has 0 aliphatic heterocycles. The van der Waals surface area contributed by atoms with Crippen LogP contribution in [0.15, 0.2) is 12.2 Å². The zero-order chi connectivity index (χ0) is 5.54. The topological polar surface area (TPSA) is 17.1 Å². The zero-order valence-corrected chi connectivity index (χ0v) is 5.20. The summed E-state index contributed by atoms with van der Waals surface area (Å²) in [5.41, 5.74) is 0. The summed E-state index contributed by atoms with van der Waals surface area (Å²) in [6.07, 6.45) is 4.91. The maximum Gasteiger partial charge on any atom is 0.463 e. The highest BCUT2D eigenvalue weighted by molar-refractivity contribution is 7.65. The van der Waals surface area contributed by atoms with Crippen LogP contribution in [0.4, 0.5) is 0 Å². The molecule has 2 heteroatoms. The van der Waals surface area contributed by atoms with Crippen molar-refractivity contribution in [2.45, 2.75) is 13.3 Å². The van der Waals surface area contributed by atoms with Crippen molar-refractivity contribution in [1.29, 1.82) is 0 Å². The molecular weight excluding hydrogens is 108 g/mol. The molecule has 0 saturated carbocycles. The van der Waals surface area contributed by atoms with Crippen LogP contribution in [0.1, 0.15) is 13.3 Å². The average molecular weight is 117 g/mol. The minimum Gasteiger partial charge on any atom is -0.0834 e. The first-order valence-corrected chi connectivity index (χ1v) is 3.22. The van der Waals surface area contributed by atoms with E-state index in [-0.39, 0.29) is 0 Å². The molecule has 0 rings (SSSR count). The van der Waals surface area contributed by atoms with Gasteiger partial charge in [-0.25, -0.2) is 0 Å². The molecule has 0 amide bonds. The fraction of sp³-hybridized carbons (Fsp3) is 0.600. The molecule has 0 bridgehead atoms. The summed E-state index contributed by atoms with van der Waals surface area (Å²) in [7, 11) is 0. The van der Waals surface area contributed by atoms with E-state index in [1.807, 2.05) is 19.1 Å². The lowest BCUT2D eigenvalue weighted by molar-refractivity contribution is 0.606. The summed E-state index contributed by atoms with van der Waals surface area (Å²) >= 11 is 0.605. The summed E-state index contributed by atoms with van der Waals surface area (Å²) in [5, 5.41) is 0. The molecule has 0 saturated heterocycles. The lowest BCUT2D eigenvalue weighted by Crippen LogP contribution is -1.68. The first-order chi connectivity index (χ1) is 3.41. The van der Waals surface area contributed by atoms with Gasteiger partial charge in [0.05, 0.1) is 0 Å². The Morgan fingerprint density at radius 1 is 1.57 bits per heavy atom. The summed E-state index contributed by atoms with van der Waals surface area (Å²) < 4.78 is 9.67. The van der Waals surface area contributed by atoms with Crippen LogP contribution < -0.4 is 0 Å². The van der Waals surface area contributed by atoms with Crippen molar-refractivity contribution in [3.8, 4) is 0 Å². The molecule has 0 aromatic rings. The van der Waals surface area contributed by atoms with Gasteiger partial charge >= 0.3 is 11.7 Å². The Bertz CT molecular complexity index is 68.5. The van der Waals surface area contributed by atoms with Gasteiger partial charge in [0.1, 0.15) is 0 Å². The van der Waals surface area contributed by atoms with Crippen LogP contribution in [0, 0.1) is 0 Å². The van der Waals surface area contributed by atoms with Crippen molar-refractivity contribution in [2.24, 2.45) is 0 Å². The second-order valence-corrected chi connectivity index (χ2v) is 1.73. The predicted octanol–water partition coefficient (Wildman–Crippen LogP) is 1.38. The summed E-state index contributed by atoms with van der Waals surface area (Å²) in [5.74, 6) is 0.605. The van der Waals surface area contributed by atoms with Crippen LogP contribution in [-0.4, -0.2) is 5.75 Å². The molecule has 0 fully saturated rings. The monoisotopic (exact) mass is 117 g/mol. The fourth-order valence-electron chi connectivity index (χ4n) is 0.274. The van der Waals surface area contributed by atoms with Gasteiger partial charge in [0.15, 0.2) is 0 Å². The maximum absolute atomic E-state index is 9.67. The van der Waals surface area contributed by atoms with E-state index in [1.165, 1.54) is 0 Å². The number of hydrogen-bond donors (Lipinski definition) is 0. The Balaban J connectivity index is 2.92. The second-order valence-electron chi connectivity index (χ2n) is 1.16. The second kappa shape index (κ2) is 5.76. The minimum absolute atomic E-state index is 0.605. The van der Waals surface area contributed by atoms with E-state index in [0.29, 0.717) is 17.4 Å². The molecule has 0 radical (unpaired) electrons. The van der Waals surface area contributed by atoms with Crippen molar-refractivity contribution in [1.82, 2.24) is 0 Å². The normalized spacial score (nSPS) is 9.86. The van der Waals surface area contributed by atoms with Crippen molar-refractivity contribution in [3.63, 3.8) is 0 Å². The van der Waals surface area contributed by atoms with Crippen LogP contribution in [0.25, 0.3) is 0 Å². The third kappa shape index (κ3) is 5.76. The highest BCUT2D eigenvalue weighted by Crippen LogP contribution is 1.76. The van der Waals surface area contributed by atoms with E-state index < -0.39 is 0 Å². The van der Waals surface area contributed by atoms with Gasteiger partial charge in [0.2, 0.25) is 5.75 Å². The molecule has 0 unspecified atom stereocenters. The van der Waals surface area contributed by atoms with E-state index in [1.54, 1.807) is 0 Å². The van der Waals surface area contributed by atoms with Gasteiger partial charge in [-0.1, -0.05) is 13.0 Å². The molecule has 0 N–H and O–H groups in total. The molecule has 0 aliphatic carbocycles. The third-order valence-corrected chi connectivity index (χ3v) is 0.895. The number of allylic oxidation sites excluding steroid dienone is 1.